The molecule has 0 saturated carbocycles. The van der Waals surface area contributed by atoms with E-state index in [-0.39, 0.29) is 18.2 Å². The summed E-state index contributed by atoms with van der Waals surface area (Å²) in [6, 6.07) is 0.0130. The third-order valence-electron chi connectivity index (χ3n) is 3.01. The molecule has 0 bridgehead atoms. The van der Waals surface area contributed by atoms with Crippen molar-refractivity contribution in [3.05, 3.63) is 0 Å². The third-order valence-corrected chi connectivity index (χ3v) is 3.01. The highest BCUT2D eigenvalue weighted by Gasteiger charge is 2.22. The normalized spacial score (nSPS) is 20.2. The van der Waals surface area contributed by atoms with Gasteiger partial charge in [-0.2, -0.15) is 0 Å². The molecule has 15 heavy (non-hydrogen) atoms. The lowest BCUT2D eigenvalue weighted by molar-refractivity contribution is 0.165. The number of nitrogens with one attached hydrogen (secondary N) is 2. The van der Waals surface area contributed by atoms with Crippen LogP contribution >= 0.6 is 0 Å². The Bertz CT molecular complexity index is 217. The van der Waals surface area contributed by atoms with Crippen molar-refractivity contribution in [3.63, 3.8) is 0 Å². The number of rotatable bonds is 6. The molecule has 1 heterocycles. The lowest BCUT2D eigenvalue weighted by atomic mass is 10.0. The molecule has 0 aromatic rings. The summed E-state index contributed by atoms with van der Waals surface area (Å²) in [5.74, 6) is 0. The molecule has 1 fully saturated rings. The van der Waals surface area contributed by atoms with E-state index in [1.165, 1.54) is 0 Å². The van der Waals surface area contributed by atoms with E-state index < -0.39 is 0 Å². The predicted octanol–water partition coefficient (Wildman–Crippen LogP) is -0.238. The average Bonchev–Trinajstić information content (AvgIpc) is 2.64. The molecule has 1 atom stereocenters. The van der Waals surface area contributed by atoms with E-state index in [0.717, 1.165) is 26.1 Å². The highest BCUT2D eigenvalue weighted by Crippen LogP contribution is 2.07. The minimum Gasteiger partial charge on any atom is -0.394 e. The smallest absolute Gasteiger partial charge is 0.317 e. The van der Waals surface area contributed by atoms with Crippen molar-refractivity contribution in [2.24, 2.45) is 0 Å². The van der Waals surface area contributed by atoms with Gasteiger partial charge in [0.15, 0.2) is 0 Å². The molecule has 5 heteroatoms. The molecule has 1 saturated heterocycles. The fraction of sp³-hybridized carbons (Fsp3) is 0.900. The Kier molecular flexibility index (Phi) is 4.35. The Morgan fingerprint density at radius 1 is 1.67 bits per heavy atom. The standard InChI is InChI=1S/C10H21N3O2/c1-3-10(2,8-14)12-5-7-13-6-4-11-9(13)15/h12,14H,3-8H2,1-2H3,(H,11,15). The fourth-order valence-electron chi connectivity index (χ4n) is 1.51. The summed E-state index contributed by atoms with van der Waals surface area (Å²) in [6.45, 7) is 7.07. The van der Waals surface area contributed by atoms with Crippen molar-refractivity contribution in [2.45, 2.75) is 25.8 Å². The zero-order chi connectivity index (χ0) is 11.3. The zero-order valence-electron chi connectivity index (χ0n) is 9.55. The Balaban J connectivity index is 2.23. The van der Waals surface area contributed by atoms with Crippen molar-refractivity contribution >= 4 is 6.03 Å². The van der Waals surface area contributed by atoms with Gasteiger partial charge in [-0.25, -0.2) is 4.79 Å². The van der Waals surface area contributed by atoms with E-state index >= 15 is 0 Å². The largest absolute Gasteiger partial charge is 0.394 e. The molecule has 0 spiro atoms. The second-order valence-corrected chi connectivity index (χ2v) is 4.22. The van der Waals surface area contributed by atoms with Crippen LogP contribution < -0.4 is 10.6 Å². The number of carbonyl (C=O) groups is 1. The maximum Gasteiger partial charge on any atom is 0.317 e. The number of carbonyl (C=O) groups excluding carboxylic acids is 1. The molecule has 1 unspecified atom stereocenters. The van der Waals surface area contributed by atoms with Gasteiger partial charge in [-0.15, -0.1) is 0 Å². The highest BCUT2D eigenvalue weighted by atomic mass is 16.3. The van der Waals surface area contributed by atoms with Crippen LogP contribution in [0.1, 0.15) is 20.3 Å². The van der Waals surface area contributed by atoms with Crippen LogP contribution in [0.4, 0.5) is 4.79 Å². The second-order valence-electron chi connectivity index (χ2n) is 4.22. The Labute approximate surface area is 90.8 Å². The van der Waals surface area contributed by atoms with Crippen LogP contribution in [0.3, 0.4) is 0 Å². The minimum atomic E-state index is -0.226. The molecule has 0 aliphatic carbocycles. The summed E-state index contributed by atoms with van der Waals surface area (Å²) in [7, 11) is 0. The maximum absolute atomic E-state index is 11.2. The van der Waals surface area contributed by atoms with Gasteiger partial charge in [-0.3, -0.25) is 0 Å². The summed E-state index contributed by atoms with van der Waals surface area (Å²) < 4.78 is 0. The van der Waals surface area contributed by atoms with Gasteiger partial charge in [0.2, 0.25) is 0 Å². The third kappa shape index (κ3) is 3.35. The van der Waals surface area contributed by atoms with Gasteiger partial charge in [0.1, 0.15) is 0 Å². The molecule has 5 nitrogen and oxygen atoms in total. The van der Waals surface area contributed by atoms with Crippen LogP contribution in [0.2, 0.25) is 0 Å². The number of aliphatic hydroxyl groups is 1. The summed E-state index contributed by atoms with van der Waals surface area (Å²) in [4.78, 5) is 13.0. The van der Waals surface area contributed by atoms with E-state index in [4.69, 9.17) is 0 Å². The van der Waals surface area contributed by atoms with Crippen LogP contribution in [0.5, 0.6) is 0 Å². The number of urea groups is 1. The first-order valence-electron chi connectivity index (χ1n) is 5.50. The van der Waals surface area contributed by atoms with E-state index in [1.807, 2.05) is 13.8 Å². The first kappa shape index (κ1) is 12.3. The van der Waals surface area contributed by atoms with Crippen molar-refractivity contribution in [1.82, 2.24) is 15.5 Å². The topological polar surface area (TPSA) is 64.6 Å². The Morgan fingerprint density at radius 3 is 2.87 bits per heavy atom. The summed E-state index contributed by atoms with van der Waals surface area (Å²) in [6.07, 6.45) is 0.871. The van der Waals surface area contributed by atoms with Crippen LogP contribution in [0.15, 0.2) is 0 Å². The lowest BCUT2D eigenvalue weighted by Crippen LogP contribution is -2.48. The number of hydrogen-bond acceptors (Lipinski definition) is 3. The predicted molar refractivity (Wildman–Crippen MR) is 58.8 cm³/mol. The molecule has 0 aromatic carbocycles. The van der Waals surface area contributed by atoms with Crippen molar-refractivity contribution in [3.8, 4) is 0 Å². The molecule has 0 aromatic heterocycles. The summed E-state index contributed by atoms with van der Waals surface area (Å²) in [5, 5.41) is 15.2. The van der Waals surface area contributed by atoms with Crippen LogP contribution in [-0.4, -0.2) is 54.4 Å². The van der Waals surface area contributed by atoms with Crippen LogP contribution in [0.25, 0.3) is 0 Å². The zero-order valence-corrected chi connectivity index (χ0v) is 9.55. The SMILES string of the molecule is CCC(C)(CO)NCCN1CCNC1=O. The summed E-state index contributed by atoms with van der Waals surface area (Å²) >= 11 is 0. The number of aliphatic hydroxyl groups excluding tert-OH is 1. The maximum atomic E-state index is 11.2. The van der Waals surface area contributed by atoms with Crippen LogP contribution in [-0.2, 0) is 0 Å². The molecule has 88 valence electrons. The number of amides is 2. The van der Waals surface area contributed by atoms with Crippen molar-refractivity contribution in [2.75, 3.05) is 32.8 Å². The first-order valence-corrected chi connectivity index (χ1v) is 5.50. The first-order chi connectivity index (χ1) is 7.11. The van der Waals surface area contributed by atoms with Gasteiger partial charge in [0.25, 0.3) is 0 Å². The molecular weight excluding hydrogens is 194 g/mol. The molecule has 3 N–H and O–H groups in total. The van der Waals surface area contributed by atoms with Gasteiger partial charge in [0, 0.05) is 31.7 Å². The van der Waals surface area contributed by atoms with E-state index in [1.54, 1.807) is 4.90 Å². The quantitative estimate of drug-likeness (QED) is 0.573. The van der Waals surface area contributed by atoms with Gasteiger partial charge < -0.3 is 20.6 Å². The molecular formula is C10H21N3O2. The van der Waals surface area contributed by atoms with Gasteiger partial charge in [-0.05, 0) is 13.3 Å². The van der Waals surface area contributed by atoms with E-state index in [0.29, 0.717) is 6.54 Å². The average molecular weight is 215 g/mol. The number of nitrogens with zero attached hydrogens (tertiary/aromatic N) is 1. The highest BCUT2D eigenvalue weighted by molar-refractivity contribution is 5.76. The number of hydrogen-bond donors (Lipinski definition) is 3. The van der Waals surface area contributed by atoms with Crippen molar-refractivity contribution < 1.29 is 9.90 Å². The van der Waals surface area contributed by atoms with Gasteiger partial charge in [0.05, 0.1) is 6.61 Å². The Morgan fingerprint density at radius 2 is 2.40 bits per heavy atom. The molecule has 1 aliphatic heterocycles. The molecule has 1 aliphatic rings. The Hall–Kier alpha value is -0.810. The van der Waals surface area contributed by atoms with E-state index in [2.05, 4.69) is 10.6 Å². The fourth-order valence-corrected chi connectivity index (χ4v) is 1.51. The lowest BCUT2D eigenvalue weighted by Gasteiger charge is -2.28. The minimum absolute atomic E-state index is 0.0130. The van der Waals surface area contributed by atoms with Crippen molar-refractivity contribution in [1.29, 1.82) is 0 Å². The van der Waals surface area contributed by atoms with Gasteiger partial charge in [-0.1, -0.05) is 6.92 Å². The van der Waals surface area contributed by atoms with E-state index in [9.17, 15) is 9.90 Å². The monoisotopic (exact) mass is 215 g/mol. The second kappa shape index (κ2) is 5.32. The summed E-state index contributed by atoms with van der Waals surface area (Å²) in [5.41, 5.74) is -0.226. The molecule has 0 radical (unpaired) electrons. The molecule has 2 amide bonds. The molecule has 1 rings (SSSR count). The van der Waals surface area contributed by atoms with Gasteiger partial charge >= 0.3 is 6.03 Å². The van der Waals surface area contributed by atoms with Crippen LogP contribution in [0, 0.1) is 0 Å².